The van der Waals surface area contributed by atoms with Crippen LogP contribution in [0.15, 0.2) is 84.9 Å². The van der Waals surface area contributed by atoms with E-state index in [1.165, 1.54) is 11.3 Å². The summed E-state index contributed by atoms with van der Waals surface area (Å²) in [6, 6.07) is 26.7. The average molecular weight is 445 g/mol. The van der Waals surface area contributed by atoms with E-state index in [2.05, 4.69) is 5.32 Å². The fourth-order valence-electron chi connectivity index (χ4n) is 3.39. The number of anilines is 1. The summed E-state index contributed by atoms with van der Waals surface area (Å²) >= 11 is 1.46. The molecule has 4 N–H and O–H groups in total. The molecule has 1 aromatic heterocycles. The molecule has 162 valence electrons. The van der Waals surface area contributed by atoms with Crippen LogP contribution < -0.4 is 20.7 Å². The number of urea groups is 1. The minimum absolute atomic E-state index is 0.0352. The molecule has 1 heterocycles. The summed E-state index contributed by atoms with van der Waals surface area (Å²) in [7, 11) is 1.73. The van der Waals surface area contributed by atoms with Crippen LogP contribution in [0.5, 0.6) is 5.75 Å². The lowest BCUT2D eigenvalue weighted by Crippen LogP contribution is -2.40. The quantitative estimate of drug-likeness (QED) is 0.272. The third kappa shape index (κ3) is 4.73. The number of benzene rings is 3. The van der Waals surface area contributed by atoms with Crippen LogP contribution in [0.2, 0.25) is 0 Å². The molecule has 4 rings (SSSR count). The number of nitrogens with zero attached hydrogens (tertiary/aromatic N) is 1. The van der Waals surface area contributed by atoms with E-state index in [1.54, 1.807) is 11.9 Å². The van der Waals surface area contributed by atoms with E-state index in [0.717, 1.165) is 21.3 Å². The van der Waals surface area contributed by atoms with Crippen LogP contribution in [0.4, 0.5) is 10.5 Å². The number of nitrogen functional groups attached to an aromatic ring is 1. The molecule has 0 saturated carbocycles. The van der Waals surface area contributed by atoms with Crippen LogP contribution >= 0.6 is 11.3 Å². The second-order valence-electron chi connectivity index (χ2n) is 7.29. The third-order valence-electron chi connectivity index (χ3n) is 5.11. The average Bonchev–Trinajstić information content (AvgIpc) is 3.28. The van der Waals surface area contributed by atoms with Gasteiger partial charge in [-0.25, -0.2) is 4.79 Å². The third-order valence-corrected chi connectivity index (χ3v) is 6.25. The van der Waals surface area contributed by atoms with Gasteiger partial charge in [-0.05, 0) is 35.9 Å². The lowest BCUT2D eigenvalue weighted by atomic mass is 10.1. The standard InChI is InChI=1S/C25H24N4O2S/c1-29(18-11-6-3-7-12-18)25(30)28-16-21(17-9-4-2-5-10-17)31-20-13-8-14-22-19(20)15-23(32-22)24(26)27/h2-15,21H,16H2,1H3,(H3,26,27)(H,28,30). The van der Waals surface area contributed by atoms with Crippen molar-refractivity contribution in [1.29, 1.82) is 5.41 Å². The number of hydrogen-bond donors (Lipinski definition) is 3. The summed E-state index contributed by atoms with van der Waals surface area (Å²) in [6.07, 6.45) is -0.393. The van der Waals surface area contributed by atoms with Crippen molar-refractivity contribution >= 4 is 39.0 Å². The molecule has 6 nitrogen and oxygen atoms in total. The zero-order valence-electron chi connectivity index (χ0n) is 17.6. The topological polar surface area (TPSA) is 91.4 Å². The molecule has 7 heteroatoms. The number of para-hydroxylation sites is 1. The van der Waals surface area contributed by atoms with Crippen molar-refractivity contribution in [3.05, 3.63) is 95.4 Å². The molecule has 32 heavy (non-hydrogen) atoms. The number of carbonyl (C=O) groups is 1. The van der Waals surface area contributed by atoms with Gasteiger partial charge in [0.15, 0.2) is 0 Å². The van der Waals surface area contributed by atoms with Crippen LogP contribution in [0.3, 0.4) is 0 Å². The first-order chi connectivity index (χ1) is 15.5. The molecule has 0 aliphatic carbocycles. The number of amidine groups is 1. The Kier molecular flexibility index (Phi) is 6.37. The van der Waals surface area contributed by atoms with Crippen LogP contribution in [0.25, 0.3) is 10.1 Å². The molecule has 0 aliphatic heterocycles. The Bertz CT molecular complexity index is 1220. The van der Waals surface area contributed by atoms with Crippen molar-refractivity contribution in [2.75, 3.05) is 18.5 Å². The molecule has 0 saturated heterocycles. The van der Waals surface area contributed by atoms with Gasteiger partial charge in [-0.1, -0.05) is 54.6 Å². The molecular weight excluding hydrogens is 420 g/mol. The number of nitrogens with one attached hydrogen (secondary N) is 2. The molecule has 1 unspecified atom stereocenters. The minimum atomic E-state index is -0.393. The fourth-order valence-corrected chi connectivity index (χ4v) is 4.33. The molecule has 0 fully saturated rings. The van der Waals surface area contributed by atoms with Gasteiger partial charge >= 0.3 is 6.03 Å². The fraction of sp³-hybridized carbons (Fsp3) is 0.120. The summed E-state index contributed by atoms with van der Waals surface area (Å²) < 4.78 is 7.40. The molecule has 0 radical (unpaired) electrons. The molecular formula is C25H24N4O2S. The number of rotatable bonds is 7. The summed E-state index contributed by atoms with van der Waals surface area (Å²) in [5, 5.41) is 11.6. The summed E-state index contributed by atoms with van der Waals surface area (Å²) in [6.45, 7) is 0.292. The van der Waals surface area contributed by atoms with E-state index >= 15 is 0 Å². The van der Waals surface area contributed by atoms with E-state index in [9.17, 15) is 4.79 Å². The molecule has 4 aromatic rings. The second-order valence-corrected chi connectivity index (χ2v) is 8.37. The number of thiophene rings is 1. The predicted octanol–water partition coefficient (Wildman–Crippen LogP) is 5.15. The van der Waals surface area contributed by atoms with Gasteiger partial charge in [-0.15, -0.1) is 11.3 Å². The Morgan fingerprint density at radius 1 is 1.06 bits per heavy atom. The molecule has 2 amide bonds. The lowest BCUT2D eigenvalue weighted by Gasteiger charge is -2.23. The van der Waals surface area contributed by atoms with Crippen molar-refractivity contribution in [3.63, 3.8) is 0 Å². The maximum absolute atomic E-state index is 12.7. The van der Waals surface area contributed by atoms with E-state index in [-0.39, 0.29) is 11.9 Å². The first kappa shape index (κ1) is 21.4. The van der Waals surface area contributed by atoms with Gasteiger partial charge in [0.05, 0.1) is 11.4 Å². The van der Waals surface area contributed by atoms with Crippen molar-refractivity contribution in [2.24, 2.45) is 5.73 Å². The largest absolute Gasteiger partial charge is 0.483 e. The molecule has 0 bridgehead atoms. The Morgan fingerprint density at radius 2 is 1.75 bits per heavy atom. The highest BCUT2D eigenvalue weighted by Crippen LogP contribution is 2.35. The van der Waals surface area contributed by atoms with Crippen molar-refractivity contribution < 1.29 is 9.53 Å². The number of ether oxygens (including phenoxy) is 1. The number of nitrogens with two attached hydrogens (primary N) is 1. The Hall–Kier alpha value is -3.84. The van der Waals surface area contributed by atoms with Crippen LogP contribution in [-0.4, -0.2) is 25.5 Å². The molecule has 3 aromatic carbocycles. The number of amides is 2. The maximum Gasteiger partial charge on any atom is 0.321 e. The molecule has 0 aliphatic rings. The number of fused-ring (bicyclic) bond motifs is 1. The highest BCUT2D eigenvalue weighted by molar-refractivity contribution is 7.20. The van der Waals surface area contributed by atoms with Gasteiger partial charge < -0.3 is 15.8 Å². The smallest absolute Gasteiger partial charge is 0.321 e. The van der Waals surface area contributed by atoms with E-state index in [0.29, 0.717) is 17.2 Å². The highest BCUT2D eigenvalue weighted by atomic mass is 32.1. The highest BCUT2D eigenvalue weighted by Gasteiger charge is 2.19. The van der Waals surface area contributed by atoms with Crippen LogP contribution in [-0.2, 0) is 0 Å². The minimum Gasteiger partial charge on any atom is -0.483 e. The van der Waals surface area contributed by atoms with Gasteiger partial charge in [-0.3, -0.25) is 10.3 Å². The van der Waals surface area contributed by atoms with Gasteiger partial charge in [0, 0.05) is 22.8 Å². The summed E-state index contributed by atoms with van der Waals surface area (Å²) in [5.41, 5.74) is 7.44. The zero-order valence-corrected chi connectivity index (χ0v) is 18.4. The van der Waals surface area contributed by atoms with Crippen molar-refractivity contribution in [1.82, 2.24) is 5.32 Å². The summed E-state index contributed by atoms with van der Waals surface area (Å²) in [5.74, 6) is 0.721. The van der Waals surface area contributed by atoms with Gasteiger partial charge in [-0.2, -0.15) is 0 Å². The van der Waals surface area contributed by atoms with Gasteiger partial charge in [0.1, 0.15) is 17.7 Å². The predicted molar refractivity (Wildman–Crippen MR) is 131 cm³/mol. The second kappa shape index (κ2) is 9.53. The first-order valence-electron chi connectivity index (χ1n) is 10.2. The number of carbonyl (C=O) groups excluding carboxylic acids is 1. The Morgan fingerprint density at radius 3 is 2.44 bits per heavy atom. The Balaban J connectivity index is 1.56. The first-order valence-corrected chi connectivity index (χ1v) is 11.0. The normalized spacial score (nSPS) is 11.7. The van der Waals surface area contributed by atoms with Gasteiger partial charge in [0.25, 0.3) is 0 Å². The lowest BCUT2D eigenvalue weighted by molar-refractivity contribution is 0.200. The van der Waals surface area contributed by atoms with Crippen LogP contribution in [0, 0.1) is 5.41 Å². The van der Waals surface area contributed by atoms with Crippen molar-refractivity contribution in [3.8, 4) is 5.75 Å². The van der Waals surface area contributed by atoms with Crippen LogP contribution in [0.1, 0.15) is 16.5 Å². The molecule has 1 atom stereocenters. The SMILES string of the molecule is CN(C(=O)NCC(Oc1cccc2sc(C(=N)N)cc12)c1ccccc1)c1ccccc1. The van der Waals surface area contributed by atoms with Crippen molar-refractivity contribution in [2.45, 2.75) is 6.10 Å². The maximum atomic E-state index is 12.7. The monoisotopic (exact) mass is 444 g/mol. The zero-order chi connectivity index (χ0) is 22.5. The van der Waals surface area contributed by atoms with Gasteiger partial charge in [0.2, 0.25) is 0 Å². The Labute approximate surface area is 190 Å². The van der Waals surface area contributed by atoms with E-state index in [4.69, 9.17) is 15.9 Å². The van der Waals surface area contributed by atoms with E-state index in [1.807, 2.05) is 84.9 Å². The molecule has 0 spiro atoms. The number of hydrogen-bond acceptors (Lipinski definition) is 4. The van der Waals surface area contributed by atoms with E-state index < -0.39 is 6.10 Å². The summed E-state index contributed by atoms with van der Waals surface area (Å²) in [4.78, 5) is 15.0.